The molecule has 0 atom stereocenters. The molecule has 4 nitrogen and oxygen atoms in total. The number of nitrogens with zero attached hydrogens (tertiary/aromatic N) is 2. The Morgan fingerprint density at radius 1 is 1.33 bits per heavy atom. The minimum absolute atomic E-state index is 0.143. The fourth-order valence-corrected chi connectivity index (χ4v) is 2.71. The van der Waals surface area contributed by atoms with Crippen LogP contribution in [0.15, 0.2) is 34.9 Å². The van der Waals surface area contributed by atoms with Crippen LogP contribution in [-0.4, -0.2) is 25.0 Å². The van der Waals surface area contributed by atoms with Gasteiger partial charge in [0.05, 0.1) is 22.0 Å². The first kappa shape index (κ1) is 16.1. The minimum Gasteiger partial charge on any atom is -0.375 e. The van der Waals surface area contributed by atoms with E-state index in [-0.39, 0.29) is 16.6 Å². The van der Waals surface area contributed by atoms with Gasteiger partial charge in [-0.1, -0.05) is 29.3 Å². The highest BCUT2D eigenvalue weighted by Gasteiger charge is 2.16. The average Bonchev–Trinajstić information content (AvgIpc) is 2.41. The van der Waals surface area contributed by atoms with Crippen LogP contribution in [0.5, 0.6) is 0 Å². The second-order valence-electron chi connectivity index (χ2n) is 4.48. The van der Waals surface area contributed by atoms with E-state index in [2.05, 4.69) is 26.2 Å². The molecule has 1 N–H and O–H groups in total. The number of anilines is 2. The van der Waals surface area contributed by atoms with Gasteiger partial charge < -0.3 is 10.2 Å². The highest BCUT2D eigenvalue weighted by Crippen LogP contribution is 2.33. The summed E-state index contributed by atoms with van der Waals surface area (Å²) in [6, 6.07) is 6.93. The smallest absolute Gasteiger partial charge is 0.258 e. The number of aromatic nitrogens is 1. The van der Waals surface area contributed by atoms with E-state index < -0.39 is 0 Å². The number of benzene rings is 1. The van der Waals surface area contributed by atoms with Crippen LogP contribution in [-0.2, 0) is 0 Å². The molecule has 1 aromatic carbocycles. The number of carbonyl (C=O) groups excluding carboxylic acids is 1. The monoisotopic (exact) mass is 387 g/mol. The van der Waals surface area contributed by atoms with Gasteiger partial charge in [-0.3, -0.25) is 4.79 Å². The quantitative estimate of drug-likeness (QED) is 0.789. The molecule has 110 valence electrons. The molecule has 7 heteroatoms. The first-order valence-electron chi connectivity index (χ1n) is 5.98. The van der Waals surface area contributed by atoms with E-state index in [1.54, 1.807) is 24.3 Å². The van der Waals surface area contributed by atoms with Crippen LogP contribution in [0.2, 0.25) is 10.2 Å². The Labute approximate surface area is 141 Å². The molecule has 2 aromatic rings. The molecule has 0 radical (unpaired) electrons. The van der Waals surface area contributed by atoms with Crippen molar-refractivity contribution >= 4 is 56.4 Å². The molecule has 0 spiro atoms. The summed E-state index contributed by atoms with van der Waals surface area (Å²) in [6.07, 6.45) is 1.53. The summed E-state index contributed by atoms with van der Waals surface area (Å²) >= 11 is 15.4. The number of rotatable bonds is 3. The lowest BCUT2D eigenvalue weighted by atomic mass is 10.2. The van der Waals surface area contributed by atoms with E-state index in [4.69, 9.17) is 23.2 Å². The van der Waals surface area contributed by atoms with Crippen LogP contribution in [0.4, 0.5) is 11.4 Å². The van der Waals surface area contributed by atoms with Crippen molar-refractivity contribution in [3.05, 3.63) is 50.7 Å². The first-order chi connectivity index (χ1) is 9.90. The van der Waals surface area contributed by atoms with E-state index >= 15 is 0 Å². The second kappa shape index (κ2) is 6.64. The van der Waals surface area contributed by atoms with Crippen molar-refractivity contribution in [1.82, 2.24) is 4.98 Å². The normalized spacial score (nSPS) is 10.3. The fraction of sp³-hybridized carbons (Fsp3) is 0.143. The highest BCUT2D eigenvalue weighted by atomic mass is 79.9. The number of para-hydroxylation sites is 1. The molecule has 21 heavy (non-hydrogen) atoms. The van der Waals surface area contributed by atoms with E-state index in [0.717, 1.165) is 5.69 Å². The molecule has 0 saturated carbocycles. The predicted octanol–water partition coefficient (Wildman–Crippen LogP) is 4.47. The standard InChI is InChI=1S/C14H12BrCl2N3O/c1-20(2)12-10(16)4-3-5-11(12)19-14(21)9-6-8(15)7-18-13(9)17/h3-7H,1-2H3,(H,19,21). The van der Waals surface area contributed by atoms with Gasteiger partial charge in [0.1, 0.15) is 5.15 Å². The molecular weight excluding hydrogens is 377 g/mol. The van der Waals surface area contributed by atoms with Crippen molar-refractivity contribution in [1.29, 1.82) is 0 Å². The number of hydrogen-bond donors (Lipinski definition) is 1. The van der Waals surface area contributed by atoms with Crippen molar-refractivity contribution in [2.75, 3.05) is 24.3 Å². The molecule has 2 rings (SSSR count). The Kier molecular flexibility index (Phi) is 5.08. The molecule has 1 heterocycles. The summed E-state index contributed by atoms with van der Waals surface area (Å²) in [7, 11) is 3.70. The van der Waals surface area contributed by atoms with Gasteiger partial charge in [0.15, 0.2) is 0 Å². The number of hydrogen-bond acceptors (Lipinski definition) is 3. The Balaban J connectivity index is 2.36. The van der Waals surface area contributed by atoms with Crippen LogP contribution >= 0.6 is 39.1 Å². The van der Waals surface area contributed by atoms with Gasteiger partial charge in [-0.25, -0.2) is 4.98 Å². The van der Waals surface area contributed by atoms with Crippen LogP contribution < -0.4 is 10.2 Å². The summed E-state index contributed by atoms with van der Waals surface area (Å²) < 4.78 is 0.677. The van der Waals surface area contributed by atoms with Crippen molar-refractivity contribution in [2.45, 2.75) is 0 Å². The van der Waals surface area contributed by atoms with Gasteiger partial charge in [0.2, 0.25) is 0 Å². The minimum atomic E-state index is -0.348. The predicted molar refractivity (Wildman–Crippen MR) is 90.7 cm³/mol. The van der Waals surface area contributed by atoms with Crippen molar-refractivity contribution < 1.29 is 4.79 Å². The third-order valence-electron chi connectivity index (χ3n) is 2.73. The molecule has 0 aliphatic heterocycles. The third kappa shape index (κ3) is 3.67. The SMILES string of the molecule is CN(C)c1c(Cl)cccc1NC(=O)c1cc(Br)cnc1Cl. The highest BCUT2D eigenvalue weighted by molar-refractivity contribution is 9.10. The van der Waals surface area contributed by atoms with E-state index in [1.165, 1.54) is 6.20 Å². The van der Waals surface area contributed by atoms with Gasteiger partial charge >= 0.3 is 0 Å². The zero-order valence-corrected chi connectivity index (χ0v) is 14.4. The molecule has 0 aliphatic carbocycles. The maximum atomic E-state index is 12.4. The Morgan fingerprint density at radius 3 is 2.71 bits per heavy atom. The number of halogens is 3. The summed E-state index contributed by atoms with van der Waals surface area (Å²) in [5.74, 6) is -0.348. The second-order valence-corrected chi connectivity index (χ2v) is 6.16. The van der Waals surface area contributed by atoms with Crippen LogP contribution in [0.1, 0.15) is 10.4 Å². The zero-order chi connectivity index (χ0) is 15.6. The molecule has 1 aromatic heterocycles. The molecule has 1 amide bonds. The molecule has 0 bridgehead atoms. The van der Waals surface area contributed by atoms with E-state index in [0.29, 0.717) is 15.2 Å². The molecular formula is C14H12BrCl2N3O. The first-order valence-corrected chi connectivity index (χ1v) is 7.53. The Hall–Kier alpha value is -1.30. The number of carbonyl (C=O) groups is 1. The molecule has 0 fully saturated rings. The van der Waals surface area contributed by atoms with Gasteiger partial charge in [-0.05, 0) is 34.1 Å². The average molecular weight is 389 g/mol. The summed E-state index contributed by atoms with van der Waals surface area (Å²) in [5, 5.41) is 3.50. The molecule has 0 saturated heterocycles. The summed E-state index contributed by atoms with van der Waals surface area (Å²) in [4.78, 5) is 18.1. The zero-order valence-electron chi connectivity index (χ0n) is 11.3. The van der Waals surface area contributed by atoms with Gasteiger partial charge in [-0.15, -0.1) is 0 Å². The van der Waals surface area contributed by atoms with Crippen molar-refractivity contribution in [2.24, 2.45) is 0 Å². The number of pyridine rings is 1. The van der Waals surface area contributed by atoms with Crippen molar-refractivity contribution in [3.8, 4) is 0 Å². The lowest BCUT2D eigenvalue weighted by Gasteiger charge is -2.19. The van der Waals surface area contributed by atoms with E-state index in [9.17, 15) is 4.79 Å². The summed E-state index contributed by atoms with van der Waals surface area (Å²) in [5.41, 5.74) is 1.62. The molecule has 0 aliphatic rings. The van der Waals surface area contributed by atoms with Crippen LogP contribution in [0.3, 0.4) is 0 Å². The largest absolute Gasteiger partial charge is 0.375 e. The van der Waals surface area contributed by atoms with Gasteiger partial charge in [-0.2, -0.15) is 0 Å². The number of amides is 1. The Bertz CT molecular complexity index is 692. The van der Waals surface area contributed by atoms with E-state index in [1.807, 2.05) is 19.0 Å². The third-order valence-corrected chi connectivity index (χ3v) is 3.77. The number of nitrogens with one attached hydrogen (secondary N) is 1. The van der Waals surface area contributed by atoms with Crippen LogP contribution in [0.25, 0.3) is 0 Å². The maximum absolute atomic E-state index is 12.4. The molecule has 0 unspecified atom stereocenters. The van der Waals surface area contributed by atoms with Crippen LogP contribution in [0, 0.1) is 0 Å². The van der Waals surface area contributed by atoms with Gasteiger partial charge in [0.25, 0.3) is 5.91 Å². The Morgan fingerprint density at radius 2 is 2.05 bits per heavy atom. The maximum Gasteiger partial charge on any atom is 0.258 e. The van der Waals surface area contributed by atoms with Crippen molar-refractivity contribution in [3.63, 3.8) is 0 Å². The fourth-order valence-electron chi connectivity index (χ4n) is 1.84. The topological polar surface area (TPSA) is 45.2 Å². The lowest BCUT2D eigenvalue weighted by Crippen LogP contribution is -2.17. The summed E-state index contributed by atoms with van der Waals surface area (Å²) in [6.45, 7) is 0. The lowest BCUT2D eigenvalue weighted by molar-refractivity contribution is 0.102. The van der Waals surface area contributed by atoms with Gasteiger partial charge in [0, 0.05) is 24.8 Å².